The van der Waals surface area contributed by atoms with Gasteiger partial charge in [-0.2, -0.15) is 0 Å². The third-order valence-corrected chi connectivity index (χ3v) is 4.91. The highest BCUT2D eigenvalue weighted by Gasteiger charge is 2.23. The molecule has 0 unspecified atom stereocenters. The molecule has 1 aromatic carbocycles. The van der Waals surface area contributed by atoms with Gasteiger partial charge in [-0.05, 0) is 43.3 Å². The van der Waals surface area contributed by atoms with Crippen LogP contribution in [0.5, 0.6) is 0 Å². The topological polar surface area (TPSA) is 54.3 Å². The van der Waals surface area contributed by atoms with Crippen molar-refractivity contribution in [2.24, 2.45) is 0 Å². The summed E-state index contributed by atoms with van der Waals surface area (Å²) in [5, 5.41) is 0.633. The van der Waals surface area contributed by atoms with Crippen LogP contribution in [0.4, 0.5) is 5.82 Å². The lowest BCUT2D eigenvalue weighted by Crippen LogP contribution is -2.49. The smallest absolute Gasteiger partial charge is 0.253 e. The molecule has 0 aliphatic carbocycles. The van der Waals surface area contributed by atoms with E-state index < -0.39 is 0 Å². The molecule has 7 heteroatoms. The van der Waals surface area contributed by atoms with E-state index in [1.807, 2.05) is 47.0 Å². The molecule has 1 fully saturated rings. The molecule has 2 aromatic heterocycles. The minimum atomic E-state index is 0.0400. The van der Waals surface area contributed by atoms with Crippen molar-refractivity contribution < 1.29 is 4.79 Å². The molecule has 6 nitrogen and oxygen atoms in total. The molecule has 0 spiro atoms. The van der Waals surface area contributed by atoms with E-state index in [1.165, 1.54) is 0 Å². The molecule has 4 rings (SSSR count). The van der Waals surface area contributed by atoms with Crippen LogP contribution >= 0.6 is 11.6 Å². The summed E-state index contributed by atoms with van der Waals surface area (Å²) in [6.45, 7) is 4.69. The fourth-order valence-electron chi connectivity index (χ4n) is 3.23. The van der Waals surface area contributed by atoms with Crippen LogP contribution in [0.15, 0.2) is 54.9 Å². The second kappa shape index (κ2) is 7.40. The van der Waals surface area contributed by atoms with Gasteiger partial charge in [-0.1, -0.05) is 11.6 Å². The van der Waals surface area contributed by atoms with Crippen LogP contribution in [0.25, 0.3) is 5.82 Å². The highest BCUT2D eigenvalue weighted by molar-refractivity contribution is 6.30. The van der Waals surface area contributed by atoms with Crippen LogP contribution < -0.4 is 4.90 Å². The molecule has 1 amide bonds. The second-order valence-electron chi connectivity index (χ2n) is 6.51. The van der Waals surface area contributed by atoms with Gasteiger partial charge in [-0.25, -0.2) is 9.97 Å². The number of carbonyl (C=O) groups is 1. The largest absolute Gasteiger partial charge is 0.353 e. The summed E-state index contributed by atoms with van der Waals surface area (Å²) in [5.41, 5.74) is 0.667. The van der Waals surface area contributed by atoms with E-state index in [0.717, 1.165) is 30.5 Å². The molecule has 1 saturated heterocycles. The Bertz CT molecular complexity index is 932. The van der Waals surface area contributed by atoms with Gasteiger partial charge in [0.15, 0.2) is 0 Å². The number of aromatic nitrogens is 3. The molecular formula is C20H20ClN5O. The zero-order chi connectivity index (χ0) is 18.8. The van der Waals surface area contributed by atoms with E-state index in [0.29, 0.717) is 23.7 Å². The summed E-state index contributed by atoms with van der Waals surface area (Å²) in [6.07, 6.45) is 3.93. The SMILES string of the molecule is Cc1nc(N2CCN(C(=O)c3ccc(Cl)cc3)CC2)cc(-n2cccc2)n1. The van der Waals surface area contributed by atoms with E-state index in [4.69, 9.17) is 11.6 Å². The molecule has 3 heterocycles. The van der Waals surface area contributed by atoms with Gasteiger partial charge >= 0.3 is 0 Å². The maximum Gasteiger partial charge on any atom is 0.253 e. The Morgan fingerprint density at radius 3 is 2.26 bits per heavy atom. The minimum absolute atomic E-state index is 0.0400. The van der Waals surface area contributed by atoms with Crippen molar-refractivity contribution in [1.82, 2.24) is 19.4 Å². The van der Waals surface area contributed by atoms with Crippen LogP contribution in [-0.2, 0) is 0 Å². The quantitative estimate of drug-likeness (QED) is 0.699. The highest BCUT2D eigenvalue weighted by atomic mass is 35.5. The van der Waals surface area contributed by atoms with Crippen LogP contribution in [0.1, 0.15) is 16.2 Å². The number of aryl methyl sites for hydroxylation is 1. The summed E-state index contributed by atoms with van der Waals surface area (Å²) in [4.78, 5) is 25.8. The fourth-order valence-corrected chi connectivity index (χ4v) is 3.36. The molecule has 27 heavy (non-hydrogen) atoms. The van der Waals surface area contributed by atoms with Crippen molar-refractivity contribution in [3.05, 3.63) is 71.3 Å². The van der Waals surface area contributed by atoms with Crippen LogP contribution in [0.3, 0.4) is 0 Å². The Morgan fingerprint density at radius 2 is 1.59 bits per heavy atom. The van der Waals surface area contributed by atoms with E-state index in [2.05, 4.69) is 14.9 Å². The number of nitrogens with zero attached hydrogens (tertiary/aromatic N) is 5. The van der Waals surface area contributed by atoms with Crippen molar-refractivity contribution in [2.45, 2.75) is 6.92 Å². The third kappa shape index (κ3) is 3.80. The van der Waals surface area contributed by atoms with Crippen LogP contribution in [0, 0.1) is 6.92 Å². The summed E-state index contributed by atoms with van der Waals surface area (Å²) < 4.78 is 1.97. The molecule has 1 aliphatic heterocycles. The average molecular weight is 382 g/mol. The van der Waals surface area contributed by atoms with E-state index in [1.54, 1.807) is 24.3 Å². The maximum absolute atomic E-state index is 12.7. The Labute approximate surface area is 163 Å². The zero-order valence-electron chi connectivity index (χ0n) is 15.0. The highest BCUT2D eigenvalue weighted by Crippen LogP contribution is 2.19. The van der Waals surface area contributed by atoms with Gasteiger partial charge in [-0.15, -0.1) is 0 Å². The number of piperazine rings is 1. The van der Waals surface area contributed by atoms with Crippen LogP contribution in [-0.4, -0.2) is 51.5 Å². The van der Waals surface area contributed by atoms with Crippen molar-refractivity contribution in [2.75, 3.05) is 31.1 Å². The number of hydrogen-bond acceptors (Lipinski definition) is 4. The zero-order valence-corrected chi connectivity index (χ0v) is 15.8. The number of anilines is 1. The molecule has 0 N–H and O–H groups in total. The van der Waals surface area contributed by atoms with E-state index in [-0.39, 0.29) is 5.91 Å². The number of amides is 1. The first-order chi connectivity index (χ1) is 13.1. The standard InChI is InChI=1S/C20H20ClN5O/c1-15-22-18(24-8-2-3-9-24)14-19(23-15)25-10-12-26(13-11-25)20(27)16-4-6-17(21)7-5-16/h2-9,14H,10-13H2,1H3. The number of halogens is 1. The van der Waals surface area contributed by atoms with Crippen LogP contribution in [0.2, 0.25) is 5.02 Å². The number of benzene rings is 1. The summed E-state index contributed by atoms with van der Waals surface area (Å²) in [7, 11) is 0. The van der Waals surface area contributed by atoms with Crippen molar-refractivity contribution in [1.29, 1.82) is 0 Å². The monoisotopic (exact) mass is 381 g/mol. The first kappa shape index (κ1) is 17.5. The van der Waals surface area contributed by atoms with Gasteiger partial charge in [0.25, 0.3) is 5.91 Å². The molecular weight excluding hydrogens is 362 g/mol. The molecule has 0 saturated carbocycles. The van der Waals surface area contributed by atoms with E-state index in [9.17, 15) is 4.79 Å². The van der Waals surface area contributed by atoms with E-state index >= 15 is 0 Å². The number of rotatable bonds is 3. The number of carbonyl (C=O) groups excluding carboxylic acids is 1. The maximum atomic E-state index is 12.7. The van der Waals surface area contributed by atoms with Gasteiger partial charge in [0.2, 0.25) is 0 Å². The summed E-state index contributed by atoms with van der Waals surface area (Å²) in [5.74, 6) is 2.51. The van der Waals surface area contributed by atoms with Gasteiger partial charge < -0.3 is 14.4 Å². The predicted octanol–water partition coefficient (Wildman–Crippen LogP) is 3.19. The summed E-state index contributed by atoms with van der Waals surface area (Å²) >= 11 is 5.91. The fraction of sp³-hybridized carbons (Fsp3) is 0.250. The molecule has 0 radical (unpaired) electrons. The van der Waals surface area contributed by atoms with Crippen molar-refractivity contribution >= 4 is 23.3 Å². The molecule has 138 valence electrons. The lowest BCUT2D eigenvalue weighted by Gasteiger charge is -2.35. The van der Waals surface area contributed by atoms with Gasteiger partial charge in [0, 0.05) is 55.2 Å². The normalized spacial score (nSPS) is 14.4. The minimum Gasteiger partial charge on any atom is -0.353 e. The second-order valence-corrected chi connectivity index (χ2v) is 6.94. The van der Waals surface area contributed by atoms with Crippen molar-refractivity contribution in [3.8, 4) is 5.82 Å². The first-order valence-corrected chi connectivity index (χ1v) is 9.27. The Balaban J connectivity index is 1.46. The lowest BCUT2D eigenvalue weighted by atomic mass is 10.2. The third-order valence-electron chi connectivity index (χ3n) is 4.66. The molecule has 0 bridgehead atoms. The first-order valence-electron chi connectivity index (χ1n) is 8.89. The summed E-state index contributed by atoms with van der Waals surface area (Å²) in [6, 6.07) is 13.0. The Hall–Kier alpha value is -2.86. The molecule has 1 aliphatic rings. The lowest BCUT2D eigenvalue weighted by molar-refractivity contribution is 0.0746. The molecule has 0 atom stereocenters. The number of hydrogen-bond donors (Lipinski definition) is 0. The average Bonchev–Trinajstić information content (AvgIpc) is 3.23. The van der Waals surface area contributed by atoms with Gasteiger partial charge in [0.05, 0.1) is 0 Å². The Kier molecular flexibility index (Phi) is 4.81. The van der Waals surface area contributed by atoms with Gasteiger partial charge in [-0.3, -0.25) is 4.79 Å². The van der Waals surface area contributed by atoms with Gasteiger partial charge in [0.1, 0.15) is 17.5 Å². The predicted molar refractivity (Wildman–Crippen MR) is 106 cm³/mol. The Morgan fingerprint density at radius 1 is 0.963 bits per heavy atom. The molecule has 3 aromatic rings. The van der Waals surface area contributed by atoms with Crippen molar-refractivity contribution in [3.63, 3.8) is 0 Å².